The zero-order valence-corrected chi connectivity index (χ0v) is 25.6. The summed E-state index contributed by atoms with van der Waals surface area (Å²) in [6.45, 7) is 0.412. The molecule has 2 heterocycles. The van der Waals surface area contributed by atoms with Crippen LogP contribution >= 0.6 is 11.3 Å². The minimum Gasteiger partial charge on any atom is -0.496 e. The first kappa shape index (κ1) is 32.1. The highest BCUT2D eigenvalue weighted by atomic mass is 32.2. The van der Waals surface area contributed by atoms with Gasteiger partial charge in [-0.2, -0.15) is 13.2 Å². The molecule has 5 rings (SSSR count). The van der Waals surface area contributed by atoms with Gasteiger partial charge in [0.2, 0.25) is 0 Å². The van der Waals surface area contributed by atoms with Gasteiger partial charge < -0.3 is 20.1 Å². The lowest BCUT2D eigenvalue weighted by Gasteiger charge is -2.17. The molecule has 0 radical (unpaired) electrons. The number of alkyl halides is 3. The molecule has 0 amide bonds. The van der Waals surface area contributed by atoms with Gasteiger partial charge in [0, 0.05) is 47.4 Å². The highest BCUT2D eigenvalue weighted by Gasteiger charge is 2.35. The minimum absolute atomic E-state index is 0.00857. The Hall–Kier alpha value is -4.34. The number of benzene rings is 3. The zero-order chi connectivity index (χ0) is 32.2. The van der Waals surface area contributed by atoms with Crippen molar-refractivity contribution >= 4 is 43.6 Å². The fourth-order valence-electron chi connectivity index (χ4n) is 4.40. The van der Waals surface area contributed by atoms with Crippen molar-refractivity contribution < 1.29 is 35.5 Å². The van der Waals surface area contributed by atoms with E-state index in [9.17, 15) is 26.0 Å². The zero-order valence-electron chi connectivity index (χ0n) is 24.0. The molecule has 0 aliphatic carbocycles. The largest absolute Gasteiger partial charge is 0.496 e. The predicted molar refractivity (Wildman–Crippen MR) is 164 cm³/mol. The second-order valence-corrected chi connectivity index (χ2v) is 13.2. The van der Waals surface area contributed by atoms with Crippen molar-refractivity contribution in [2.45, 2.75) is 19.3 Å². The lowest BCUT2D eigenvalue weighted by atomic mass is 10.1. The third-order valence-corrected chi connectivity index (χ3v) is 8.34. The van der Waals surface area contributed by atoms with Gasteiger partial charge in [0.1, 0.15) is 50.9 Å². The minimum atomic E-state index is -4.73. The van der Waals surface area contributed by atoms with Crippen molar-refractivity contribution in [2.24, 2.45) is 0 Å². The van der Waals surface area contributed by atoms with Crippen LogP contribution in [0.3, 0.4) is 0 Å². The molecule has 15 heteroatoms. The Kier molecular flexibility index (Phi) is 9.51. The highest BCUT2D eigenvalue weighted by molar-refractivity contribution is 7.90. The van der Waals surface area contributed by atoms with Crippen molar-refractivity contribution in [2.75, 3.05) is 31.0 Å². The van der Waals surface area contributed by atoms with Gasteiger partial charge in [-0.25, -0.2) is 27.8 Å². The molecule has 0 fully saturated rings. The molecule has 0 unspecified atom stereocenters. The van der Waals surface area contributed by atoms with Gasteiger partial charge in [-0.15, -0.1) is 11.3 Å². The van der Waals surface area contributed by atoms with Crippen LogP contribution in [0.2, 0.25) is 0 Å². The van der Waals surface area contributed by atoms with Crippen molar-refractivity contribution in [1.82, 2.24) is 20.3 Å². The summed E-state index contributed by atoms with van der Waals surface area (Å²) < 4.78 is 89.4. The van der Waals surface area contributed by atoms with Gasteiger partial charge in [-0.1, -0.05) is 12.1 Å². The van der Waals surface area contributed by atoms with Crippen LogP contribution in [0.25, 0.3) is 22.2 Å². The van der Waals surface area contributed by atoms with Crippen molar-refractivity contribution in [3.8, 4) is 22.8 Å². The number of fused-ring (bicyclic) bond motifs is 1. The monoisotopic (exact) mass is 661 g/mol. The van der Waals surface area contributed by atoms with Gasteiger partial charge in [0.15, 0.2) is 0 Å². The average molecular weight is 662 g/mol. The number of aromatic nitrogens is 3. The lowest BCUT2D eigenvalue weighted by molar-refractivity contribution is -0.139. The third kappa shape index (κ3) is 8.23. The van der Waals surface area contributed by atoms with E-state index in [1.807, 2.05) is 5.38 Å². The maximum Gasteiger partial charge on any atom is 0.420 e. The number of nitrogens with one attached hydrogen (secondary N) is 2. The van der Waals surface area contributed by atoms with Crippen LogP contribution in [-0.4, -0.2) is 49.0 Å². The smallest absolute Gasteiger partial charge is 0.420 e. The number of hydrogen-bond acceptors (Lipinski definition) is 10. The van der Waals surface area contributed by atoms with Gasteiger partial charge >= 0.3 is 6.18 Å². The molecular formula is C30H27F4N5O4S2. The summed E-state index contributed by atoms with van der Waals surface area (Å²) in [6.07, 6.45) is -2.27. The summed E-state index contributed by atoms with van der Waals surface area (Å²) >= 11 is 1.38. The van der Waals surface area contributed by atoms with Crippen LogP contribution < -0.4 is 20.1 Å². The van der Waals surface area contributed by atoms with Crippen LogP contribution in [0.4, 0.5) is 29.1 Å². The Labute approximate surface area is 260 Å². The maximum atomic E-state index is 14.0. The highest BCUT2D eigenvalue weighted by Crippen LogP contribution is 2.40. The molecule has 45 heavy (non-hydrogen) atoms. The van der Waals surface area contributed by atoms with E-state index in [4.69, 9.17) is 9.47 Å². The summed E-state index contributed by atoms with van der Waals surface area (Å²) in [5.41, 5.74) is 1.17. The molecule has 236 valence electrons. The first-order valence-electron chi connectivity index (χ1n) is 13.4. The quantitative estimate of drug-likeness (QED) is 0.116. The molecule has 9 nitrogen and oxygen atoms in total. The number of ether oxygens (including phenoxy) is 2. The number of halogens is 4. The van der Waals surface area contributed by atoms with Gasteiger partial charge in [0.05, 0.1) is 29.6 Å². The molecule has 0 saturated heterocycles. The van der Waals surface area contributed by atoms with Crippen LogP contribution in [-0.2, 0) is 29.2 Å². The predicted octanol–water partition coefficient (Wildman–Crippen LogP) is 6.38. The normalized spacial score (nSPS) is 12.0. The molecular weight excluding hydrogens is 634 g/mol. The number of nitrogens with zero attached hydrogens (tertiary/aromatic N) is 3. The van der Waals surface area contributed by atoms with Crippen molar-refractivity contribution in [3.63, 3.8) is 0 Å². The van der Waals surface area contributed by atoms with E-state index in [0.717, 1.165) is 11.1 Å². The van der Waals surface area contributed by atoms with Crippen molar-refractivity contribution in [1.29, 1.82) is 0 Å². The maximum absolute atomic E-state index is 14.0. The van der Waals surface area contributed by atoms with Crippen LogP contribution in [0, 0.1) is 5.82 Å². The molecule has 0 spiro atoms. The molecule has 2 aromatic heterocycles. The summed E-state index contributed by atoms with van der Waals surface area (Å²) in [5.74, 6) is -0.175. The van der Waals surface area contributed by atoms with Crippen LogP contribution in [0.1, 0.15) is 16.1 Å². The van der Waals surface area contributed by atoms with E-state index in [1.165, 1.54) is 61.4 Å². The Morgan fingerprint density at radius 1 is 1.02 bits per heavy atom. The molecule has 5 aromatic rings. The Bertz CT molecular complexity index is 1930. The lowest BCUT2D eigenvalue weighted by Crippen LogP contribution is -2.21. The second-order valence-electron chi connectivity index (χ2n) is 9.98. The molecule has 3 aromatic carbocycles. The summed E-state index contributed by atoms with van der Waals surface area (Å²) in [4.78, 5) is 13.2. The number of methoxy groups -OCH3 is 1. The topological polar surface area (TPSA) is 115 Å². The Morgan fingerprint density at radius 2 is 1.84 bits per heavy atom. The Morgan fingerprint density at radius 3 is 2.58 bits per heavy atom. The molecule has 0 aliphatic rings. The number of anilines is 2. The molecule has 0 saturated carbocycles. The fraction of sp³-hybridized carbons (Fsp3) is 0.233. The van der Waals surface area contributed by atoms with E-state index in [0.29, 0.717) is 40.0 Å². The SMILES string of the molecule is COc1cc2ncnc(Nc3ccc(OCc4cccc(F)c4)c(C(F)(F)F)c3)c2cc1-c1csc(CNCCS(C)(=O)=O)n1. The number of thiazole rings is 1. The number of hydrogen-bond donors (Lipinski definition) is 2. The van der Waals surface area contributed by atoms with Crippen LogP contribution in [0.15, 0.2) is 66.3 Å². The van der Waals surface area contributed by atoms with Gasteiger partial charge in [-0.05, 0) is 42.0 Å². The fourth-order valence-corrected chi connectivity index (χ4v) is 5.68. The standard InChI is InChI=1S/C30H27F4N5O4S2/c1-42-27-13-24-22(12-21(27)25-16-44-28(39-25)14-35-8-9-45(2,40)41)29(37-17-36-24)38-20-6-7-26(23(11-20)30(32,33)34)43-15-18-4-3-5-19(31)10-18/h3-7,10-13,16-17,35H,8-9,14-15H2,1-2H3,(H,36,37,38). The molecule has 0 atom stereocenters. The van der Waals surface area contributed by atoms with E-state index >= 15 is 0 Å². The van der Waals surface area contributed by atoms with E-state index in [2.05, 4.69) is 25.6 Å². The molecule has 2 N–H and O–H groups in total. The summed E-state index contributed by atoms with van der Waals surface area (Å²) in [6, 6.07) is 12.4. The third-order valence-electron chi connectivity index (χ3n) is 6.54. The van der Waals surface area contributed by atoms with Crippen LogP contribution in [0.5, 0.6) is 11.5 Å². The first-order chi connectivity index (χ1) is 21.4. The second kappa shape index (κ2) is 13.3. The van der Waals surface area contributed by atoms with E-state index in [-0.39, 0.29) is 30.4 Å². The Balaban J connectivity index is 1.41. The summed E-state index contributed by atoms with van der Waals surface area (Å²) in [7, 11) is -1.59. The van der Waals surface area contributed by atoms with Gasteiger partial charge in [-0.3, -0.25) is 0 Å². The molecule has 0 bridgehead atoms. The number of sulfone groups is 1. The van der Waals surface area contributed by atoms with E-state index in [1.54, 1.807) is 18.2 Å². The van der Waals surface area contributed by atoms with Crippen molar-refractivity contribution in [3.05, 3.63) is 88.3 Å². The number of rotatable bonds is 12. The van der Waals surface area contributed by atoms with Gasteiger partial charge in [0.25, 0.3) is 0 Å². The average Bonchev–Trinajstić information content (AvgIpc) is 3.46. The molecule has 0 aliphatic heterocycles. The first-order valence-corrected chi connectivity index (χ1v) is 16.3. The summed E-state index contributed by atoms with van der Waals surface area (Å²) in [5, 5.41) is 9.08. The van der Waals surface area contributed by atoms with E-state index < -0.39 is 33.1 Å².